The summed E-state index contributed by atoms with van der Waals surface area (Å²) in [7, 11) is 1.30. The number of carbonyl (C=O) groups excluding carboxylic acids is 2. The Morgan fingerprint density at radius 1 is 1.09 bits per heavy atom. The molecule has 34 heavy (non-hydrogen) atoms. The van der Waals surface area contributed by atoms with Crippen molar-refractivity contribution in [2.45, 2.75) is 19.4 Å². The van der Waals surface area contributed by atoms with Crippen molar-refractivity contribution in [3.63, 3.8) is 0 Å². The summed E-state index contributed by atoms with van der Waals surface area (Å²) in [6.07, 6.45) is 0.717. The minimum absolute atomic E-state index is 0.246. The average Bonchev–Trinajstić information content (AvgIpc) is 3.22. The van der Waals surface area contributed by atoms with Crippen molar-refractivity contribution >= 4 is 40.2 Å². The molecule has 4 aromatic rings. The highest BCUT2D eigenvalue weighted by atomic mass is 35.5. The number of aromatic amines is 1. The number of anilines is 1. The zero-order chi connectivity index (χ0) is 23.8. The minimum Gasteiger partial charge on any atom is -0.465 e. The average molecular weight is 474 g/mol. The molecule has 1 atom stereocenters. The number of nitrogens with one attached hydrogen (secondary N) is 2. The molecular weight excluding hydrogens is 450 g/mol. The molecule has 0 saturated heterocycles. The standard InChI is InChI=1S/C27H24ClN3O3/c1-16-7-9-17(10-8-16)25-24-20(19-5-3-4-6-22(19)29-24)13-14-31(25)27(33)30-23-15-18(28)11-12-21(23)26(32)34-2/h3-12,15,25,29H,13-14H2,1-2H3,(H,30,33)/t25-/m0/s1. The Hall–Kier alpha value is -3.77. The lowest BCUT2D eigenvalue weighted by Gasteiger charge is -2.36. The number of amides is 2. The summed E-state index contributed by atoms with van der Waals surface area (Å²) >= 11 is 6.16. The van der Waals surface area contributed by atoms with Crippen molar-refractivity contribution in [1.82, 2.24) is 9.88 Å². The number of halogens is 1. The number of para-hydroxylation sites is 1. The van der Waals surface area contributed by atoms with Crippen LogP contribution < -0.4 is 5.32 Å². The fourth-order valence-corrected chi connectivity index (χ4v) is 4.82. The summed E-state index contributed by atoms with van der Waals surface area (Å²) in [6.45, 7) is 2.56. The Morgan fingerprint density at radius 3 is 2.62 bits per heavy atom. The van der Waals surface area contributed by atoms with Crippen LogP contribution in [-0.4, -0.2) is 35.5 Å². The van der Waals surface area contributed by atoms with Crippen LogP contribution in [0.2, 0.25) is 5.02 Å². The molecular formula is C27H24ClN3O3. The molecule has 5 rings (SSSR count). The number of esters is 1. The van der Waals surface area contributed by atoms with E-state index in [1.165, 1.54) is 18.1 Å². The molecule has 1 aliphatic heterocycles. The van der Waals surface area contributed by atoms with Crippen LogP contribution in [-0.2, 0) is 11.2 Å². The summed E-state index contributed by atoms with van der Waals surface area (Å²) in [5.74, 6) is -0.543. The number of rotatable bonds is 3. The fourth-order valence-electron chi connectivity index (χ4n) is 4.65. The lowest BCUT2D eigenvalue weighted by Crippen LogP contribution is -2.43. The number of urea groups is 1. The van der Waals surface area contributed by atoms with Crippen molar-refractivity contribution in [2.24, 2.45) is 0 Å². The normalized spacial score (nSPS) is 15.1. The number of aryl methyl sites for hydroxylation is 1. The van der Waals surface area contributed by atoms with Crippen LogP contribution in [0.4, 0.5) is 10.5 Å². The molecule has 2 N–H and O–H groups in total. The molecule has 0 unspecified atom stereocenters. The molecule has 3 aromatic carbocycles. The van der Waals surface area contributed by atoms with E-state index in [2.05, 4.69) is 46.7 Å². The summed E-state index contributed by atoms with van der Waals surface area (Å²) in [6, 6.07) is 20.5. The van der Waals surface area contributed by atoms with Gasteiger partial charge in [0.1, 0.15) is 0 Å². The highest BCUT2D eigenvalue weighted by Gasteiger charge is 2.35. The molecule has 0 saturated carbocycles. The van der Waals surface area contributed by atoms with Crippen LogP contribution in [0.1, 0.15) is 38.8 Å². The maximum atomic E-state index is 13.6. The Bertz CT molecular complexity index is 1390. The van der Waals surface area contributed by atoms with Gasteiger partial charge in [0, 0.05) is 28.2 Å². The number of nitrogens with zero attached hydrogens (tertiary/aromatic N) is 1. The summed E-state index contributed by atoms with van der Waals surface area (Å²) in [5.41, 5.74) is 6.00. The molecule has 172 valence electrons. The zero-order valence-electron chi connectivity index (χ0n) is 18.9. The van der Waals surface area contributed by atoms with E-state index in [0.717, 1.165) is 22.3 Å². The van der Waals surface area contributed by atoms with E-state index in [1.54, 1.807) is 23.1 Å². The predicted octanol–water partition coefficient (Wildman–Crippen LogP) is 6.10. The largest absolute Gasteiger partial charge is 0.465 e. The van der Waals surface area contributed by atoms with Crippen molar-refractivity contribution in [1.29, 1.82) is 0 Å². The number of carbonyl (C=O) groups is 2. The maximum Gasteiger partial charge on any atom is 0.339 e. The van der Waals surface area contributed by atoms with E-state index < -0.39 is 5.97 Å². The van der Waals surface area contributed by atoms with E-state index in [-0.39, 0.29) is 17.6 Å². The first-order valence-corrected chi connectivity index (χ1v) is 11.5. The first kappa shape index (κ1) is 22.0. The molecule has 6 nitrogen and oxygen atoms in total. The second-order valence-electron chi connectivity index (χ2n) is 8.43. The van der Waals surface area contributed by atoms with Crippen molar-refractivity contribution in [2.75, 3.05) is 19.0 Å². The maximum absolute atomic E-state index is 13.6. The Labute approximate surface area is 202 Å². The third-order valence-electron chi connectivity index (χ3n) is 6.32. The van der Waals surface area contributed by atoms with Gasteiger partial charge in [-0.1, -0.05) is 59.6 Å². The second kappa shape index (κ2) is 8.88. The molecule has 0 bridgehead atoms. The zero-order valence-corrected chi connectivity index (χ0v) is 19.6. The first-order valence-electron chi connectivity index (χ1n) is 11.1. The van der Waals surface area contributed by atoms with E-state index >= 15 is 0 Å². The summed E-state index contributed by atoms with van der Waals surface area (Å²) < 4.78 is 4.87. The van der Waals surface area contributed by atoms with E-state index in [4.69, 9.17) is 16.3 Å². The Kier molecular flexibility index (Phi) is 5.75. The number of hydrogen-bond donors (Lipinski definition) is 2. The number of benzene rings is 3. The van der Waals surface area contributed by atoms with Gasteiger partial charge in [-0.05, 0) is 48.7 Å². The number of hydrogen-bond acceptors (Lipinski definition) is 3. The van der Waals surface area contributed by atoms with Gasteiger partial charge in [-0.25, -0.2) is 9.59 Å². The van der Waals surface area contributed by atoms with Crippen LogP contribution in [0.15, 0.2) is 66.7 Å². The second-order valence-corrected chi connectivity index (χ2v) is 8.87. The van der Waals surface area contributed by atoms with Crippen LogP contribution in [0.25, 0.3) is 10.9 Å². The highest BCUT2D eigenvalue weighted by Crippen LogP contribution is 2.39. The first-order chi connectivity index (χ1) is 16.5. The SMILES string of the molecule is COC(=O)c1ccc(Cl)cc1NC(=O)N1CCc2c([nH]c3ccccc23)[C@@H]1c1ccc(C)cc1. The van der Waals surface area contributed by atoms with Gasteiger partial charge >= 0.3 is 12.0 Å². The van der Waals surface area contributed by atoms with Gasteiger partial charge in [-0.15, -0.1) is 0 Å². The van der Waals surface area contributed by atoms with Gasteiger partial charge in [0.2, 0.25) is 0 Å². The van der Waals surface area contributed by atoms with Gasteiger partial charge in [-0.2, -0.15) is 0 Å². The van der Waals surface area contributed by atoms with E-state index in [9.17, 15) is 9.59 Å². The molecule has 1 aliphatic rings. The van der Waals surface area contributed by atoms with Crippen LogP contribution in [0.5, 0.6) is 0 Å². The number of aromatic nitrogens is 1. The molecule has 0 aliphatic carbocycles. The van der Waals surface area contributed by atoms with Gasteiger partial charge in [0.05, 0.1) is 24.4 Å². The fraction of sp³-hybridized carbons (Fsp3) is 0.185. The van der Waals surface area contributed by atoms with Crippen LogP contribution in [0.3, 0.4) is 0 Å². The molecule has 2 heterocycles. The molecule has 1 aromatic heterocycles. The van der Waals surface area contributed by atoms with Crippen molar-refractivity contribution < 1.29 is 14.3 Å². The number of H-pyrrole nitrogens is 1. The monoisotopic (exact) mass is 473 g/mol. The van der Waals surface area contributed by atoms with Gasteiger partial charge in [0.15, 0.2) is 0 Å². The molecule has 0 fully saturated rings. The molecule has 2 amide bonds. The lowest BCUT2D eigenvalue weighted by molar-refractivity contribution is 0.0602. The topological polar surface area (TPSA) is 74.4 Å². The van der Waals surface area contributed by atoms with Crippen LogP contribution >= 0.6 is 11.6 Å². The Balaban J connectivity index is 1.57. The third kappa shape index (κ3) is 3.90. The quantitative estimate of drug-likeness (QED) is 0.353. The van der Waals surface area contributed by atoms with Gasteiger partial charge in [0.25, 0.3) is 0 Å². The molecule has 0 radical (unpaired) electrons. The lowest BCUT2D eigenvalue weighted by atomic mass is 9.92. The number of ether oxygens (including phenoxy) is 1. The summed E-state index contributed by atoms with van der Waals surface area (Å²) in [5, 5.41) is 4.49. The highest BCUT2D eigenvalue weighted by molar-refractivity contribution is 6.31. The smallest absolute Gasteiger partial charge is 0.339 e. The third-order valence-corrected chi connectivity index (χ3v) is 6.55. The van der Waals surface area contributed by atoms with E-state index in [0.29, 0.717) is 23.7 Å². The predicted molar refractivity (Wildman–Crippen MR) is 134 cm³/mol. The van der Waals surface area contributed by atoms with Crippen molar-refractivity contribution in [3.8, 4) is 0 Å². The number of fused-ring (bicyclic) bond motifs is 3. The minimum atomic E-state index is -0.543. The van der Waals surface area contributed by atoms with Gasteiger partial charge < -0.3 is 19.9 Å². The molecule has 0 spiro atoms. The van der Waals surface area contributed by atoms with E-state index in [1.807, 2.05) is 19.1 Å². The molecule has 7 heteroatoms. The number of methoxy groups -OCH3 is 1. The summed E-state index contributed by atoms with van der Waals surface area (Å²) in [4.78, 5) is 31.2. The van der Waals surface area contributed by atoms with Crippen molar-refractivity contribution in [3.05, 3.63) is 99.7 Å². The Morgan fingerprint density at radius 2 is 1.85 bits per heavy atom. The van der Waals surface area contributed by atoms with Crippen LogP contribution in [0, 0.1) is 6.92 Å². The van der Waals surface area contributed by atoms with Gasteiger partial charge in [-0.3, -0.25) is 0 Å².